The Morgan fingerprint density at radius 2 is 2.06 bits per heavy atom. The van der Waals surface area contributed by atoms with Gasteiger partial charge in [0.15, 0.2) is 9.84 Å². The molecule has 1 fully saturated rings. The van der Waals surface area contributed by atoms with E-state index >= 15 is 0 Å². The number of benzene rings is 1. The SMILES string of the molecule is Cn1cc2c3c(c[nH]c3c1=O)CN(C1CCN(CC(=O)O)C1)c1ccc(CS(C)(=O)=O)cc1-2. The summed E-state index contributed by atoms with van der Waals surface area (Å²) in [7, 11) is -1.50. The molecule has 2 aromatic heterocycles. The highest BCUT2D eigenvalue weighted by Gasteiger charge is 2.33. The van der Waals surface area contributed by atoms with Crippen molar-refractivity contribution in [2.45, 2.75) is 24.8 Å². The third-order valence-corrected chi connectivity index (χ3v) is 7.42. The summed E-state index contributed by atoms with van der Waals surface area (Å²) < 4.78 is 25.5. The molecule has 0 spiro atoms. The second-order valence-electron chi connectivity index (χ2n) is 9.14. The van der Waals surface area contributed by atoms with Crippen LogP contribution in [0.4, 0.5) is 5.69 Å². The molecule has 0 amide bonds. The summed E-state index contributed by atoms with van der Waals surface area (Å²) in [5, 5.41) is 10.1. The molecule has 4 heterocycles. The number of carboxylic acid groups (broad SMARTS) is 1. The summed E-state index contributed by atoms with van der Waals surface area (Å²) in [6, 6.07) is 5.82. The molecule has 1 atom stereocenters. The van der Waals surface area contributed by atoms with Crippen LogP contribution in [-0.4, -0.2) is 65.9 Å². The van der Waals surface area contributed by atoms with Crippen molar-refractivity contribution in [2.24, 2.45) is 7.05 Å². The van der Waals surface area contributed by atoms with Crippen molar-refractivity contribution in [3.63, 3.8) is 0 Å². The zero-order valence-corrected chi connectivity index (χ0v) is 19.4. The van der Waals surface area contributed by atoms with E-state index in [9.17, 15) is 23.1 Å². The highest BCUT2D eigenvalue weighted by molar-refractivity contribution is 7.89. The number of rotatable bonds is 5. The summed E-state index contributed by atoms with van der Waals surface area (Å²) in [6.07, 6.45) is 5.73. The fraction of sp³-hybridized carbons (Fsp3) is 0.391. The number of fused-ring (bicyclic) bond motifs is 2. The first-order valence-corrected chi connectivity index (χ1v) is 12.9. The van der Waals surface area contributed by atoms with Gasteiger partial charge in [-0.05, 0) is 29.7 Å². The highest BCUT2D eigenvalue weighted by atomic mass is 32.2. The molecule has 1 aromatic carbocycles. The maximum absolute atomic E-state index is 12.8. The van der Waals surface area contributed by atoms with E-state index in [0.29, 0.717) is 30.7 Å². The molecule has 9 nitrogen and oxygen atoms in total. The number of carboxylic acids is 1. The first-order valence-electron chi connectivity index (χ1n) is 10.8. The number of aryl methyl sites for hydroxylation is 1. The molecule has 0 radical (unpaired) electrons. The standard InChI is InChI=1S/C23H26N4O5S/c1-25-11-18-17-7-14(13-33(2,31)32)3-4-19(17)27(16-5-6-26(10-16)12-20(28)29)9-15-8-24-22(21(15)18)23(25)30/h3-4,7-8,11,16,24H,5-6,9-10,12-13H2,1-2H3,(H,28,29). The number of hydrogen-bond donors (Lipinski definition) is 2. The highest BCUT2D eigenvalue weighted by Crippen LogP contribution is 2.42. The predicted octanol–water partition coefficient (Wildman–Crippen LogP) is 1.56. The maximum Gasteiger partial charge on any atom is 0.317 e. The van der Waals surface area contributed by atoms with E-state index in [4.69, 9.17) is 0 Å². The molecule has 0 aliphatic carbocycles. The van der Waals surface area contributed by atoms with E-state index in [1.165, 1.54) is 6.26 Å². The minimum Gasteiger partial charge on any atom is -0.480 e. The normalized spacial score (nSPS) is 18.5. The van der Waals surface area contributed by atoms with E-state index < -0.39 is 15.8 Å². The quantitative estimate of drug-likeness (QED) is 0.581. The third-order valence-electron chi connectivity index (χ3n) is 6.57. The maximum atomic E-state index is 12.8. The Labute approximate surface area is 191 Å². The number of nitrogens with zero attached hydrogens (tertiary/aromatic N) is 3. The van der Waals surface area contributed by atoms with E-state index in [2.05, 4.69) is 9.88 Å². The van der Waals surface area contributed by atoms with Crippen LogP contribution in [0.25, 0.3) is 22.0 Å². The van der Waals surface area contributed by atoms with Gasteiger partial charge in [0.25, 0.3) is 5.56 Å². The number of aliphatic carboxylic acids is 1. The molecule has 1 unspecified atom stereocenters. The van der Waals surface area contributed by atoms with Crippen LogP contribution in [0.15, 0.2) is 35.4 Å². The van der Waals surface area contributed by atoms with Crippen LogP contribution in [0, 0.1) is 0 Å². The smallest absolute Gasteiger partial charge is 0.317 e. The van der Waals surface area contributed by atoms with Crippen molar-refractivity contribution >= 4 is 32.4 Å². The van der Waals surface area contributed by atoms with Gasteiger partial charge in [0, 0.05) is 73.6 Å². The van der Waals surface area contributed by atoms with E-state index in [-0.39, 0.29) is 23.9 Å². The lowest BCUT2D eigenvalue weighted by Gasteiger charge is -2.32. The Bertz CT molecular complexity index is 1440. The molecular formula is C23H26N4O5S. The zero-order valence-electron chi connectivity index (χ0n) is 18.5. The molecule has 5 rings (SSSR count). The van der Waals surface area contributed by atoms with Gasteiger partial charge in [-0.3, -0.25) is 14.5 Å². The molecule has 0 saturated carbocycles. The number of carbonyl (C=O) groups is 1. The minimum absolute atomic E-state index is 0.00843. The largest absolute Gasteiger partial charge is 0.480 e. The monoisotopic (exact) mass is 470 g/mol. The second kappa shape index (κ2) is 7.74. The Morgan fingerprint density at radius 1 is 1.27 bits per heavy atom. The molecule has 0 bridgehead atoms. The Balaban J connectivity index is 1.68. The summed E-state index contributed by atoms with van der Waals surface area (Å²) in [6.45, 7) is 1.91. The Morgan fingerprint density at radius 3 is 2.79 bits per heavy atom. The number of likely N-dealkylation sites (tertiary alicyclic amines) is 1. The molecule has 33 heavy (non-hydrogen) atoms. The van der Waals surface area contributed by atoms with Gasteiger partial charge < -0.3 is 19.6 Å². The summed E-state index contributed by atoms with van der Waals surface area (Å²) in [5.41, 5.74) is 4.83. The van der Waals surface area contributed by atoms with Crippen molar-refractivity contribution in [3.05, 3.63) is 52.1 Å². The van der Waals surface area contributed by atoms with Gasteiger partial charge in [0.2, 0.25) is 0 Å². The first-order chi connectivity index (χ1) is 15.6. The summed E-state index contributed by atoms with van der Waals surface area (Å²) in [5.74, 6) is -0.905. The van der Waals surface area contributed by atoms with Crippen LogP contribution >= 0.6 is 0 Å². The molecule has 2 aliphatic heterocycles. The van der Waals surface area contributed by atoms with Crippen LogP contribution in [0.1, 0.15) is 17.5 Å². The van der Waals surface area contributed by atoms with Crippen LogP contribution in [-0.2, 0) is 34.0 Å². The average molecular weight is 471 g/mol. The Hall–Kier alpha value is -3.11. The van der Waals surface area contributed by atoms with Gasteiger partial charge >= 0.3 is 5.97 Å². The number of sulfone groups is 1. The van der Waals surface area contributed by atoms with E-state index in [0.717, 1.165) is 34.2 Å². The van der Waals surface area contributed by atoms with E-state index in [1.807, 2.05) is 35.5 Å². The van der Waals surface area contributed by atoms with Crippen molar-refractivity contribution in [2.75, 3.05) is 30.8 Å². The lowest BCUT2D eigenvalue weighted by Crippen LogP contribution is -2.38. The number of hydrogen-bond acceptors (Lipinski definition) is 6. The topological polar surface area (TPSA) is 116 Å². The van der Waals surface area contributed by atoms with Gasteiger partial charge in [-0.15, -0.1) is 0 Å². The number of aromatic amines is 1. The number of aromatic nitrogens is 2. The van der Waals surface area contributed by atoms with Gasteiger partial charge in [0.1, 0.15) is 5.52 Å². The fourth-order valence-electron chi connectivity index (χ4n) is 5.20. The lowest BCUT2D eigenvalue weighted by atomic mass is 9.99. The van der Waals surface area contributed by atoms with Gasteiger partial charge in [0.05, 0.1) is 12.3 Å². The molecule has 1 saturated heterocycles. The number of pyridine rings is 1. The van der Waals surface area contributed by atoms with Crippen molar-refractivity contribution < 1.29 is 18.3 Å². The summed E-state index contributed by atoms with van der Waals surface area (Å²) in [4.78, 5) is 31.3. The van der Waals surface area contributed by atoms with Crippen LogP contribution in [0.3, 0.4) is 0 Å². The molecule has 10 heteroatoms. The van der Waals surface area contributed by atoms with Gasteiger partial charge in [-0.1, -0.05) is 6.07 Å². The van der Waals surface area contributed by atoms with Crippen LogP contribution < -0.4 is 10.5 Å². The van der Waals surface area contributed by atoms with Gasteiger partial charge in [-0.25, -0.2) is 8.42 Å². The number of nitrogens with one attached hydrogen (secondary N) is 1. The zero-order chi connectivity index (χ0) is 23.5. The Kier molecular flexibility index (Phi) is 5.09. The fourth-order valence-corrected chi connectivity index (χ4v) is 5.99. The molecule has 2 N–H and O–H groups in total. The minimum atomic E-state index is -3.21. The van der Waals surface area contributed by atoms with Crippen molar-refractivity contribution in [1.29, 1.82) is 0 Å². The third kappa shape index (κ3) is 3.93. The number of H-pyrrole nitrogens is 1. The van der Waals surface area contributed by atoms with E-state index in [1.54, 1.807) is 11.6 Å². The molecule has 3 aromatic rings. The van der Waals surface area contributed by atoms with Crippen LogP contribution in [0.5, 0.6) is 0 Å². The summed E-state index contributed by atoms with van der Waals surface area (Å²) >= 11 is 0. The number of anilines is 1. The predicted molar refractivity (Wildman–Crippen MR) is 126 cm³/mol. The van der Waals surface area contributed by atoms with Crippen LogP contribution in [0.2, 0.25) is 0 Å². The average Bonchev–Trinajstić information content (AvgIpc) is 3.32. The van der Waals surface area contributed by atoms with Crippen molar-refractivity contribution in [1.82, 2.24) is 14.5 Å². The lowest BCUT2D eigenvalue weighted by molar-refractivity contribution is -0.138. The second-order valence-corrected chi connectivity index (χ2v) is 11.3. The first kappa shape index (κ1) is 21.7. The van der Waals surface area contributed by atoms with Crippen molar-refractivity contribution in [3.8, 4) is 11.1 Å². The van der Waals surface area contributed by atoms with Gasteiger partial charge in [-0.2, -0.15) is 0 Å². The molecular weight excluding hydrogens is 444 g/mol. The molecule has 2 aliphatic rings. The molecule has 174 valence electrons.